The summed E-state index contributed by atoms with van der Waals surface area (Å²) in [4.78, 5) is 24.1. The number of sulfonamides is 1. The van der Waals surface area contributed by atoms with Gasteiger partial charge in [-0.05, 0) is 55.2 Å². The van der Waals surface area contributed by atoms with Crippen LogP contribution in [0.5, 0.6) is 5.75 Å². The molecule has 178 valence electrons. The fourth-order valence-electron chi connectivity index (χ4n) is 3.59. The number of unbranched alkanes of at least 4 members (excludes halogenated alkanes) is 2. The highest BCUT2D eigenvalue weighted by atomic mass is 35.5. The number of hydrogen-bond acceptors (Lipinski definition) is 5. The molecule has 1 saturated heterocycles. The maximum Gasteiger partial charge on any atom is 0.324 e. The number of rotatable bonds is 13. The van der Waals surface area contributed by atoms with Gasteiger partial charge in [-0.3, -0.25) is 10.1 Å². The van der Waals surface area contributed by atoms with Crippen molar-refractivity contribution in [2.45, 2.75) is 52.0 Å². The van der Waals surface area contributed by atoms with Crippen LogP contribution in [0.1, 0.15) is 57.6 Å². The van der Waals surface area contributed by atoms with Crippen molar-refractivity contribution < 1.29 is 22.7 Å². The summed E-state index contributed by atoms with van der Waals surface area (Å²) < 4.78 is 34.1. The lowest BCUT2D eigenvalue weighted by Gasteiger charge is -2.24. The summed E-state index contributed by atoms with van der Waals surface area (Å²) >= 11 is 6.27. The highest BCUT2D eigenvalue weighted by Crippen LogP contribution is 2.34. The first-order valence-corrected chi connectivity index (χ1v) is 13.2. The van der Waals surface area contributed by atoms with Crippen LogP contribution in [0.3, 0.4) is 0 Å². The molecule has 2 aliphatic rings. The third kappa shape index (κ3) is 7.35. The van der Waals surface area contributed by atoms with Crippen molar-refractivity contribution in [1.29, 1.82) is 0 Å². The maximum atomic E-state index is 12.7. The van der Waals surface area contributed by atoms with Gasteiger partial charge in [0.25, 0.3) is 0 Å². The van der Waals surface area contributed by atoms with Crippen LogP contribution < -0.4 is 14.8 Å². The number of halogens is 1. The van der Waals surface area contributed by atoms with Gasteiger partial charge in [0.05, 0.1) is 17.4 Å². The monoisotopic (exact) mass is 485 g/mol. The Balaban J connectivity index is 1.51. The van der Waals surface area contributed by atoms with E-state index in [0.29, 0.717) is 49.1 Å². The minimum Gasteiger partial charge on any atom is -0.492 e. The number of nitrogens with zero attached hydrogens (tertiary/aromatic N) is 1. The summed E-state index contributed by atoms with van der Waals surface area (Å²) in [5, 5.41) is 2.75. The molecule has 1 atom stereocenters. The van der Waals surface area contributed by atoms with Gasteiger partial charge >= 0.3 is 6.03 Å². The van der Waals surface area contributed by atoms with E-state index >= 15 is 0 Å². The molecule has 0 radical (unpaired) electrons. The van der Waals surface area contributed by atoms with E-state index in [4.69, 9.17) is 16.3 Å². The van der Waals surface area contributed by atoms with Crippen LogP contribution in [0, 0.1) is 11.8 Å². The molecule has 3 rings (SSSR count). The van der Waals surface area contributed by atoms with Crippen LogP contribution in [0.2, 0.25) is 5.02 Å². The molecule has 1 aliphatic heterocycles. The second-order valence-corrected chi connectivity index (χ2v) is 11.2. The van der Waals surface area contributed by atoms with Crippen molar-refractivity contribution in [3.63, 3.8) is 0 Å². The molecule has 0 unspecified atom stereocenters. The van der Waals surface area contributed by atoms with Crippen molar-refractivity contribution in [2.24, 2.45) is 11.8 Å². The van der Waals surface area contributed by atoms with Crippen LogP contribution in [0.15, 0.2) is 18.2 Å². The van der Waals surface area contributed by atoms with Gasteiger partial charge in [-0.2, -0.15) is 0 Å². The van der Waals surface area contributed by atoms with E-state index in [9.17, 15) is 18.0 Å². The van der Waals surface area contributed by atoms with Crippen LogP contribution in [0.25, 0.3) is 0 Å². The average molecular weight is 486 g/mol. The summed E-state index contributed by atoms with van der Waals surface area (Å²) in [7, 11) is -3.50. The zero-order valence-corrected chi connectivity index (χ0v) is 20.2. The highest BCUT2D eigenvalue weighted by molar-refractivity contribution is 7.89. The predicted octanol–water partition coefficient (Wildman–Crippen LogP) is 3.47. The van der Waals surface area contributed by atoms with Crippen molar-refractivity contribution in [2.75, 3.05) is 25.4 Å². The Morgan fingerprint density at radius 1 is 1.22 bits per heavy atom. The zero-order chi connectivity index (χ0) is 23.3. The first-order chi connectivity index (χ1) is 15.1. The fourth-order valence-corrected chi connectivity index (χ4v) is 5.26. The molecule has 2 N–H and O–H groups in total. The Bertz CT molecular complexity index is 933. The van der Waals surface area contributed by atoms with Crippen molar-refractivity contribution in [3.05, 3.63) is 28.8 Å². The number of carbonyl (C=O) groups is 2. The number of imide groups is 1. The first-order valence-electron chi connectivity index (χ1n) is 11.2. The normalized spacial score (nSPS) is 17.7. The second-order valence-electron chi connectivity index (χ2n) is 8.94. The van der Waals surface area contributed by atoms with Gasteiger partial charge in [0.15, 0.2) is 0 Å². The van der Waals surface area contributed by atoms with Gasteiger partial charge in [-0.1, -0.05) is 37.9 Å². The molecule has 1 heterocycles. The molecular formula is C22H32ClN3O5S. The first kappa shape index (κ1) is 24.8. The Kier molecular flexibility index (Phi) is 8.41. The fraction of sp³-hybridized carbons (Fsp3) is 0.636. The Morgan fingerprint density at radius 2 is 1.97 bits per heavy atom. The standard InChI is InChI=1S/C22H32ClN3O5S/c1-15(2)21(17-8-9-18(23)19(12-17)31-14-16-6-7-16)25-32(29,30)11-5-3-4-10-26-13-20(27)24-22(26)28/h8-9,12,15-16,21,25H,3-7,10-11,13-14H2,1-2H3,(H,24,27,28)/t21-/m1/s1. The topological polar surface area (TPSA) is 105 Å². The van der Waals surface area contributed by atoms with E-state index < -0.39 is 10.0 Å². The van der Waals surface area contributed by atoms with E-state index in [1.54, 1.807) is 6.07 Å². The third-order valence-corrected chi connectivity index (χ3v) is 7.42. The zero-order valence-electron chi connectivity index (χ0n) is 18.6. The minimum atomic E-state index is -3.50. The molecule has 0 aromatic heterocycles. The van der Waals surface area contributed by atoms with E-state index in [0.717, 1.165) is 5.56 Å². The number of amides is 3. The number of carbonyl (C=O) groups excluding carboxylic acids is 2. The molecule has 0 bridgehead atoms. The van der Waals surface area contributed by atoms with Gasteiger partial charge in [0.1, 0.15) is 12.3 Å². The van der Waals surface area contributed by atoms with Crippen LogP contribution >= 0.6 is 11.6 Å². The lowest BCUT2D eigenvalue weighted by atomic mass is 9.97. The summed E-state index contributed by atoms with van der Waals surface area (Å²) in [5.74, 6) is 0.915. The lowest BCUT2D eigenvalue weighted by Crippen LogP contribution is -2.33. The predicted molar refractivity (Wildman–Crippen MR) is 123 cm³/mol. The quantitative estimate of drug-likeness (QED) is 0.329. The van der Waals surface area contributed by atoms with Crippen LogP contribution in [-0.4, -0.2) is 50.7 Å². The SMILES string of the molecule is CC(C)[C@@H](NS(=O)(=O)CCCCCN1CC(=O)NC1=O)c1ccc(Cl)c(OCC2CC2)c1. The van der Waals surface area contributed by atoms with Gasteiger partial charge in [-0.15, -0.1) is 0 Å². The van der Waals surface area contributed by atoms with Crippen molar-refractivity contribution >= 4 is 33.6 Å². The minimum absolute atomic E-state index is 0.0000259. The molecule has 32 heavy (non-hydrogen) atoms. The number of benzene rings is 1. The molecule has 8 nitrogen and oxygen atoms in total. The number of nitrogens with one attached hydrogen (secondary N) is 2. The van der Waals surface area contributed by atoms with E-state index in [-0.39, 0.29) is 36.2 Å². The molecule has 10 heteroatoms. The van der Waals surface area contributed by atoms with Gasteiger partial charge in [0.2, 0.25) is 15.9 Å². The molecular weight excluding hydrogens is 454 g/mol. The lowest BCUT2D eigenvalue weighted by molar-refractivity contribution is -0.118. The molecule has 0 spiro atoms. The number of ether oxygens (including phenoxy) is 1. The van der Waals surface area contributed by atoms with E-state index in [2.05, 4.69) is 10.0 Å². The van der Waals surface area contributed by atoms with Gasteiger partial charge < -0.3 is 9.64 Å². The van der Waals surface area contributed by atoms with Gasteiger partial charge in [0, 0.05) is 12.6 Å². The highest BCUT2D eigenvalue weighted by Gasteiger charge is 2.27. The number of urea groups is 1. The summed E-state index contributed by atoms with van der Waals surface area (Å²) in [5.41, 5.74) is 0.823. The largest absolute Gasteiger partial charge is 0.492 e. The summed E-state index contributed by atoms with van der Waals surface area (Å²) in [6.45, 7) is 5.08. The Morgan fingerprint density at radius 3 is 2.59 bits per heavy atom. The Labute approximate surface area is 195 Å². The molecule has 2 fully saturated rings. The molecule has 1 aromatic carbocycles. The van der Waals surface area contributed by atoms with Crippen molar-refractivity contribution in [3.8, 4) is 5.75 Å². The smallest absolute Gasteiger partial charge is 0.324 e. The summed E-state index contributed by atoms with van der Waals surface area (Å²) in [6.07, 6.45) is 4.11. The maximum absolute atomic E-state index is 12.7. The number of hydrogen-bond donors (Lipinski definition) is 2. The van der Waals surface area contributed by atoms with E-state index in [1.165, 1.54) is 17.7 Å². The van der Waals surface area contributed by atoms with Crippen LogP contribution in [0.4, 0.5) is 4.79 Å². The molecule has 1 saturated carbocycles. The van der Waals surface area contributed by atoms with Gasteiger partial charge in [-0.25, -0.2) is 17.9 Å². The molecule has 3 amide bonds. The Hall–Kier alpha value is -1.84. The summed E-state index contributed by atoms with van der Waals surface area (Å²) in [6, 6.07) is 4.65. The van der Waals surface area contributed by atoms with E-state index in [1.807, 2.05) is 26.0 Å². The second kappa shape index (κ2) is 10.9. The molecule has 1 aliphatic carbocycles. The third-order valence-electron chi connectivity index (χ3n) is 5.67. The average Bonchev–Trinajstić information content (AvgIpc) is 3.49. The van der Waals surface area contributed by atoms with Crippen molar-refractivity contribution in [1.82, 2.24) is 14.9 Å². The van der Waals surface area contributed by atoms with Crippen LogP contribution in [-0.2, 0) is 14.8 Å². The molecule has 1 aromatic rings.